The molecule has 0 atom stereocenters. The molecule has 0 aliphatic heterocycles. The van der Waals surface area contributed by atoms with Crippen LogP contribution in [0.2, 0.25) is 0 Å². The Bertz CT molecular complexity index is 790. The van der Waals surface area contributed by atoms with Crippen LogP contribution >= 0.6 is 0 Å². The highest BCUT2D eigenvalue weighted by atomic mass is 19.4. The predicted molar refractivity (Wildman–Crippen MR) is 87.6 cm³/mol. The number of hydrogen-bond acceptors (Lipinski definition) is 3. The van der Waals surface area contributed by atoms with Gasteiger partial charge < -0.3 is 9.47 Å². The second-order valence-corrected chi connectivity index (χ2v) is 5.35. The normalized spacial score (nSPS) is 11.2. The minimum atomic E-state index is -4.61. The maximum absolute atomic E-state index is 14.1. The van der Waals surface area contributed by atoms with Crippen LogP contribution in [0.15, 0.2) is 36.4 Å². The van der Waals surface area contributed by atoms with Crippen LogP contribution < -0.4 is 10.1 Å². The number of nitrogens with one attached hydrogen (secondary N) is 1. The van der Waals surface area contributed by atoms with E-state index in [9.17, 15) is 22.4 Å². The van der Waals surface area contributed by atoms with Gasteiger partial charge in [0, 0.05) is 5.56 Å². The number of rotatable bonds is 5. The number of alkyl halides is 3. The molecule has 0 spiro atoms. The number of ether oxygens (including phenoxy) is 2. The molecule has 0 saturated heterocycles. The smallest absolute Gasteiger partial charge is 0.419 e. The molecule has 0 aliphatic carbocycles. The van der Waals surface area contributed by atoms with Crippen molar-refractivity contribution < 1.29 is 31.8 Å². The largest absolute Gasteiger partial charge is 0.488 e. The molecule has 1 amide bonds. The van der Waals surface area contributed by atoms with Crippen molar-refractivity contribution in [2.24, 2.45) is 0 Å². The van der Waals surface area contributed by atoms with Crippen molar-refractivity contribution in [2.75, 3.05) is 12.4 Å². The average Bonchev–Trinajstić information content (AvgIpc) is 2.60. The van der Waals surface area contributed by atoms with Gasteiger partial charge in [-0.1, -0.05) is 19.1 Å². The summed E-state index contributed by atoms with van der Waals surface area (Å²) in [6, 6.07) is 7.58. The number of methoxy groups -OCH3 is 1. The van der Waals surface area contributed by atoms with E-state index < -0.39 is 36.0 Å². The average molecular weight is 371 g/mol. The van der Waals surface area contributed by atoms with Crippen LogP contribution in [0.5, 0.6) is 5.75 Å². The Hall–Kier alpha value is -2.77. The summed E-state index contributed by atoms with van der Waals surface area (Å²) in [7, 11) is 1.13. The van der Waals surface area contributed by atoms with Gasteiger partial charge in [-0.2, -0.15) is 13.2 Å². The lowest BCUT2D eigenvalue weighted by atomic mass is 10.1. The molecular formula is C18H17F4NO3. The van der Waals surface area contributed by atoms with Crippen LogP contribution in [0.4, 0.5) is 28.0 Å². The fourth-order valence-corrected chi connectivity index (χ4v) is 2.28. The first kappa shape index (κ1) is 19.6. The molecule has 26 heavy (non-hydrogen) atoms. The molecule has 8 heteroatoms. The van der Waals surface area contributed by atoms with E-state index in [0.29, 0.717) is 12.0 Å². The maximum Gasteiger partial charge on any atom is 0.419 e. The number of carbonyl (C=O) groups is 1. The first-order chi connectivity index (χ1) is 12.3. The van der Waals surface area contributed by atoms with E-state index in [2.05, 4.69) is 10.1 Å². The van der Waals surface area contributed by atoms with E-state index in [-0.39, 0.29) is 11.3 Å². The van der Waals surface area contributed by atoms with Crippen molar-refractivity contribution in [1.82, 2.24) is 0 Å². The molecule has 0 fully saturated rings. The zero-order valence-corrected chi connectivity index (χ0v) is 14.1. The lowest BCUT2D eigenvalue weighted by Gasteiger charge is -2.17. The van der Waals surface area contributed by atoms with Gasteiger partial charge in [0.05, 0.1) is 18.4 Å². The number of carbonyl (C=O) groups excluding carboxylic acids is 1. The molecule has 0 heterocycles. The van der Waals surface area contributed by atoms with E-state index in [4.69, 9.17) is 4.74 Å². The SMILES string of the molecule is CCc1ccc(OCc2c(F)cccc2NC(=O)OC)c(C(F)(F)F)c1. The third-order valence-electron chi connectivity index (χ3n) is 3.67. The molecule has 1 N–H and O–H groups in total. The molecule has 2 rings (SSSR count). The van der Waals surface area contributed by atoms with Gasteiger partial charge in [-0.15, -0.1) is 0 Å². The molecule has 2 aromatic carbocycles. The zero-order valence-electron chi connectivity index (χ0n) is 14.1. The highest BCUT2D eigenvalue weighted by Crippen LogP contribution is 2.37. The molecule has 0 bridgehead atoms. The topological polar surface area (TPSA) is 47.6 Å². The van der Waals surface area contributed by atoms with Gasteiger partial charge in [-0.25, -0.2) is 9.18 Å². The molecule has 0 aliphatic rings. The van der Waals surface area contributed by atoms with Crippen molar-refractivity contribution in [3.63, 3.8) is 0 Å². The molecule has 2 aromatic rings. The van der Waals surface area contributed by atoms with Crippen LogP contribution in [-0.4, -0.2) is 13.2 Å². The van der Waals surface area contributed by atoms with Gasteiger partial charge in [-0.05, 0) is 36.2 Å². The summed E-state index contributed by atoms with van der Waals surface area (Å²) in [4.78, 5) is 11.3. The summed E-state index contributed by atoms with van der Waals surface area (Å²) in [5.41, 5.74) is -0.472. The Morgan fingerprint density at radius 3 is 2.54 bits per heavy atom. The highest BCUT2D eigenvalue weighted by Gasteiger charge is 2.34. The van der Waals surface area contributed by atoms with Crippen LogP contribution in [0.3, 0.4) is 0 Å². The quantitative estimate of drug-likeness (QED) is 0.738. The van der Waals surface area contributed by atoms with Crippen LogP contribution in [0.25, 0.3) is 0 Å². The van der Waals surface area contributed by atoms with Crippen LogP contribution in [0.1, 0.15) is 23.6 Å². The number of halogens is 4. The zero-order chi connectivity index (χ0) is 19.3. The van der Waals surface area contributed by atoms with E-state index in [1.165, 1.54) is 24.3 Å². The van der Waals surface area contributed by atoms with E-state index in [0.717, 1.165) is 19.2 Å². The summed E-state index contributed by atoms with van der Waals surface area (Å²) in [6.07, 6.45) is -5.01. The van der Waals surface area contributed by atoms with Gasteiger partial charge in [0.2, 0.25) is 0 Å². The maximum atomic E-state index is 14.1. The predicted octanol–water partition coefficient (Wildman–Crippen LogP) is 5.16. The number of anilines is 1. The minimum Gasteiger partial charge on any atom is -0.488 e. The van der Waals surface area contributed by atoms with Crippen LogP contribution in [-0.2, 0) is 23.9 Å². The summed E-state index contributed by atoms with van der Waals surface area (Å²) >= 11 is 0. The summed E-state index contributed by atoms with van der Waals surface area (Å²) in [5.74, 6) is -1.14. The lowest BCUT2D eigenvalue weighted by molar-refractivity contribution is -0.139. The second kappa shape index (κ2) is 8.07. The van der Waals surface area contributed by atoms with Crippen molar-refractivity contribution in [2.45, 2.75) is 26.1 Å². The highest BCUT2D eigenvalue weighted by molar-refractivity contribution is 5.85. The molecule has 0 unspecified atom stereocenters. The minimum absolute atomic E-state index is 0.0515. The summed E-state index contributed by atoms with van der Waals surface area (Å²) in [5, 5.41) is 2.30. The van der Waals surface area contributed by atoms with Crippen molar-refractivity contribution in [3.8, 4) is 5.75 Å². The van der Waals surface area contributed by atoms with E-state index in [1.54, 1.807) is 6.92 Å². The van der Waals surface area contributed by atoms with Crippen molar-refractivity contribution in [1.29, 1.82) is 0 Å². The molecule has 0 saturated carbocycles. The fraction of sp³-hybridized carbons (Fsp3) is 0.278. The molecule has 4 nitrogen and oxygen atoms in total. The van der Waals surface area contributed by atoms with Crippen LogP contribution in [0, 0.1) is 5.82 Å². The first-order valence-corrected chi connectivity index (χ1v) is 7.71. The molecule has 0 aromatic heterocycles. The Morgan fingerprint density at radius 1 is 1.19 bits per heavy atom. The Kier molecular flexibility index (Phi) is 6.07. The van der Waals surface area contributed by atoms with Crippen molar-refractivity contribution >= 4 is 11.8 Å². The van der Waals surface area contributed by atoms with Gasteiger partial charge in [0.15, 0.2) is 0 Å². The third-order valence-corrected chi connectivity index (χ3v) is 3.67. The molecule has 0 radical (unpaired) electrons. The van der Waals surface area contributed by atoms with Gasteiger partial charge >= 0.3 is 12.3 Å². The Labute approximate surface area is 147 Å². The van der Waals surface area contributed by atoms with Gasteiger partial charge in [0.1, 0.15) is 18.2 Å². The number of benzene rings is 2. The van der Waals surface area contributed by atoms with Gasteiger partial charge in [-0.3, -0.25) is 5.32 Å². The van der Waals surface area contributed by atoms with E-state index >= 15 is 0 Å². The summed E-state index contributed by atoms with van der Waals surface area (Å²) < 4.78 is 63.5. The number of amides is 1. The molecular weight excluding hydrogens is 354 g/mol. The lowest BCUT2D eigenvalue weighted by Crippen LogP contribution is -2.15. The standard InChI is InChI=1S/C18H17F4NO3/c1-3-11-7-8-16(13(9-11)18(20,21)22)26-10-12-14(19)5-4-6-15(12)23-17(24)25-2/h4-9H,3,10H2,1-2H3,(H,23,24). The van der Waals surface area contributed by atoms with Gasteiger partial charge in [0.25, 0.3) is 0 Å². The monoisotopic (exact) mass is 371 g/mol. The summed E-state index contributed by atoms with van der Waals surface area (Å²) in [6.45, 7) is 1.24. The Morgan fingerprint density at radius 2 is 1.92 bits per heavy atom. The Balaban J connectivity index is 2.31. The molecule has 140 valence electrons. The number of aryl methyl sites for hydroxylation is 1. The van der Waals surface area contributed by atoms with Crippen molar-refractivity contribution in [3.05, 3.63) is 58.9 Å². The second-order valence-electron chi connectivity index (χ2n) is 5.35. The van der Waals surface area contributed by atoms with E-state index in [1.807, 2.05) is 0 Å². The fourth-order valence-electron chi connectivity index (χ4n) is 2.28. The first-order valence-electron chi connectivity index (χ1n) is 7.71. The third kappa shape index (κ3) is 4.65. The number of hydrogen-bond donors (Lipinski definition) is 1.